The SMILES string of the molecule is CNC(Cc1ccc(C)cn1)c1cc(C)ccc1F. The first-order chi connectivity index (χ1) is 9.10. The first-order valence-corrected chi connectivity index (χ1v) is 6.45. The Balaban J connectivity index is 2.24. The fourth-order valence-electron chi connectivity index (χ4n) is 2.13. The van der Waals surface area contributed by atoms with Crippen molar-refractivity contribution in [2.24, 2.45) is 0 Å². The van der Waals surface area contributed by atoms with Crippen LogP contribution in [0.25, 0.3) is 0 Å². The number of pyridine rings is 1. The molecule has 0 aliphatic rings. The van der Waals surface area contributed by atoms with E-state index in [0.29, 0.717) is 12.0 Å². The normalized spacial score (nSPS) is 12.4. The third-order valence-electron chi connectivity index (χ3n) is 3.26. The Morgan fingerprint density at radius 1 is 1.16 bits per heavy atom. The monoisotopic (exact) mass is 258 g/mol. The lowest BCUT2D eigenvalue weighted by Gasteiger charge is -2.17. The molecule has 0 amide bonds. The number of nitrogens with one attached hydrogen (secondary N) is 1. The second kappa shape index (κ2) is 5.93. The fourth-order valence-corrected chi connectivity index (χ4v) is 2.13. The molecule has 2 rings (SSSR count). The molecule has 1 N–H and O–H groups in total. The van der Waals surface area contributed by atoms with Gasteiger partial charge in [0.05, 0.1) is 0 Å². The van der Waals surface area contributed by atoms with Gasteiger partial charge in [0, 0.05) is 29.9 Å². The molecule has 0 radical (unpaired) electrons. The summed E-state index contributed by atoms with van der Waals surface area (Å²) in [6, 6.07) is 9.17. The fraction of sp³-hybridized carbons (Fsp3) is 0.312. The molecule has 0 fully saturated rings. The molecule has 0 saturated heterocycles. The maximum Gasteiger partial charge on any atom is 0.128 e. The molecule has 1 unspecified atom stereocenters. The molecule has 0 spiro atoms. The van der Waals surface area contributed by atoms with Crippen LogP contribution in [0, 0.1) is 19.7 Å². The average molecular weight is 258 g/mol. The van der Waals surface area contributed by atoms with E-state index >= 15 is 0 Å². The minimum atomic E-state index is -0.169. The summed E-state index contributed by atoms with van der Waals surface area (Å²) >= 11 is 0. The molecule has 100 valence electrons. The zero-order valence-electron chi connectivity index (χ0n) is 11.6. The number of hydrogen-bond donors (Lipinski definition) is 1. The molecule has 0 saturated carbocycles. The number of halogens is 1. The quantitative estimate of drug-likeness (QED) is 0.909. The van der Waals surface area contributed by atoms with E-state index in [4.69, 9.17) is 0 Å². The van der Waals surface area contributed by atoms with Crippen molar-refractivity contribution in [3.63, 3.8) is 0 Å². The number of rotatable bonds is 4. The summed E-state index contributed by atoms with van der Waals surface area (Å²) in [4.78, 5) is 4.38. The zero-order valence-corrected chi connectivity index (χ0v) is 11.6. The Morgan fingerprint density at radius 3 is 2.53 bits per heavy atom. The van der Waals surface area contributed by atoms with Crippen molar-refractivity contribution in [2.75, 3.05) is 7.05 Å². The number of likely N-dealkylation sites (N-methyl/N-ethyl adjacent to an activating group) is 1. The number of hydrogen-bond acceptors (Lipinski definition) is 2. The van der Waals surface area contributed by atoms with E-state index in [9.17, 15) is 4.39 Å². The van der Waals surface area contributed by atoms with Gasteiger partial charge < -0.3 is 5.32 Å². The van der Waals surface area contributed by atoms with Crippen molar-refractivity contribution < 1.29 is 4.39 Å². The van der Waals surface area contributed by atoms with Crippen LogP contribution in [0.15, 0.2) is 36.5 Å². The van der Waals surface area contributed by atoms with Gasteiger partial charge in [0.15, 0.2) is 0 Å². The Labute approximate surface area is 113 Å². The number of aryl methyl sites for hydroxylation is 2. The Hall–Kier alpha value is -1.74. The van der Waals surface area contributed by atoms with Gasteiger partial charge in [-0.25, -0.2) is 4.39 Å². The van der Waals surface area contributed by atoms with Crippen LogP contribution in [-0.4, -0.2) is 12.0 Å². The summed E-state index contributed by atoms with van der Waals surface area (Å²) in [7, 11) is 1.85. The maximum atomic E-state index is 13.9. The first kappa shape index (κ1) is 13.7. The minimum Gasteiger partial charge on any atom is -0.313 e. The molecule has 0 aliphatic carbocycles. The highest BCUT2D eigenvalue weighted by Gasteiger charge is 2.15. The van der Waals surface area contributed by atoms with Crippen LogP contribution in [0.5, 0.6) is 0 Å². The third kappa shape index (κ3) is 3.38. The smallest absolute Gasteiger partial charge is 0.128 e. The Bertz CT molecular complexity index is 549. The molecule has 1 aromatic heterocycles. The van der Waals surface area contributed by atoms with Gasteiger partial charge in [-0.05, 0) is 38.6 Å². The highest BCUT2D eigenvalue weighted by atomic mass is 19.1. The van der Waals surface area contributed by atoms with Gasteiger partial charge in [0.25, 0.3) is 0 Å². The van der Waals surface area contributed by atoms with Crippen LogP contribution in [0.4, 0.5) is 4.39 Å². The average Bonchev–Trinajstić information content (AvgIpc) is 2.41. The van der Waals surface area contributed by atoms with Gasteiger partial charge in [-0.15, -0.1) is 0 Å². The minimum absolute atomic E-state index is 0.0601. The molecule has 2 aromatic rings. The molecule has 2 nitrogen and oxygen atoms in total. The van der Waals surface area contributed by atoms with Crippen LogP contribution in [0.1, 0.15) is 28.4 Å². The summed E-state index contributed by atoms with van der Waals surface area (Å²) in [5, 5.41) is 3.17. The van der Waals surface area contributed by atoms with Crippen molar-refractivity contribution in [3.05, 3.63) is 64.7 Å². The number of benzene rings is 1. The maximum absolute atomic E-state index is 13.9. The van der Waals surface area contributed by atoms with Crippen molar-refractivity contribution in [1.82, 2.24) is 10.3 Å². The molecule has 3 heteroatoms. The molecule has 1 heterocycles. The van der Waals surface area contributed by atoms with E-state index < -0.39 is 0 Å². The van der Waals surface area contributed by atoms with Crippen LogP contribution in [0.2, 0.25) is 0 Å². The van der Waals surface area contributed by atoms with E-state index in [2.05, 4.69) is 10.3 Å². The number of nitrogens with zero attached hydrogens (tertiary/aromatic N) is 1. The van der Waals surface area contributed by atoms with E-state index in [1.54, 1.807) is 6.07 Å². The lowest BCUT2D eigenvalue weighted by atomic mass is 9.99. The second-order valence-electron chi connectivity index (χ2n) is 4.90. The molecule has 19 heavy (non-hydrogen) atoms. The van der Waals surface area contributed by atoms with Gasteiger partial charge in [-0.2, -0.15) is 0 Å². The summed E-state index contributed by atoms with van der Waals surface area (Å²) < 4.78 is 13.9. The lowest BCUT2D eigenvalue weighted by Crippen LogP contribution is -2.20. The van der Waals surface area contributed by atoms with E-state index in [0.717, 1.165) is 16.8 Å². The van der Waals surface area contributed by atoms with Crippen LogP contribution in [-0.2, 0) is 6.42 Å². The molecular formula is C16H19FN2. The number of aromatic nitrogens is 1. The summed E-state index contributed by atoms with van der Waals surface area (Å²) in [6.45, 7) is 3.98. The van der Waals surface area contributed by atoms with Crippen LogP contribution < -0.4 is 5.32 Å². The molecule has 1 aromatic carbocycles. The van der Waals surface area contributed by atoms with Crippen molar-refractivity contribution in [3.8, 4) is 0 Å². The van der Waals surface area contributed by atoms with E-state index in [1.807, 2.05) is 45.3 Å². The summed E-state index contributed by atoms with van der Waals surface area (Å²) in [5.74, 6) is -0.169. The molecule has 1 atom stereocenters. The standard InChI is InChI=1S/C16H19FN2/c1-11-5-7-15(17)14(8-11)16(18-3)9-13-6-4-12(2)10-19-13/h4-8,10,16,18H,9H2,1-3H3. The highest BCUT2D eigenvalue weighted by molar-refractivity contribution is 5.28. The second-order valence-corrected chi connectivity index (χ2v) is 4.90. The van der Waals surface area contributed by atoms with Crippen LogP contribution >= 0.6 is 0 Å². The van der Waals surface area contributed by atoms with Gasteiger partial charge >= 0.3 is 0 Å². The van der Waals surface area contributed by atoms with E-state index in [1.165, 1.54) is 6.07 Å². The molecular weight excluding hydrogens is 239 g/mol. The summed E-state index contributed by atoms with van der Waals surface area (Å²) in [5.41, 5.74) is 3.86. The summed E-state index contributed by atoms with van der Waals surface area (Å²) in [6.07, 6.45) is 2.52. The third-order valence-corrected chi connectivity index (χ3v) is 3.26. The zero-order chi connectivity index (χ0) is 13.8. The van der Waals surface area contributed by atoms with Gasteiger partial charge in [0.1, 0.15) is 5.82 Å². The Kier molecular flexibility index (Phi) is 4.27. The van der Waals surface area contributed by atoms with Gasteiger partial charge in [0.2, 0.25) is 0 Å². The largest absolute Gasteiger partial charge is 0.313 e. The van der Waals surface area contributed by atoms with Gasteiger partial charge in [-0.3, -0.25) is 4.98 Å². The molecule has 0 bridgehead atoms. The Morgan fingerprint density at radius 2 is 1.89 bits per heavy atom. The highest BCUT2D eigenvalue weighted by Crippen LogP contribution is 2.21. The predicted molar refractivity (Wildman–Crippen MR) is 75.6 cm³/mol. The van der Waals surface area contributed by atoms with Crippen molar-refractivity contribution >= 4 is 0 Å². The van der Waals surface area contributed by atoms with Crippen molar-refractivity contribution in [2.45, 2.75) is 26.3 Å². The predicted octanol–water partition coefficient (Wildman–Crippen LogP) is 3.34. The van der Waals surface area contributed by atoms with Crippen molar-refractivity contribution in [1.29, 1.82) is 0 Å². The first-order valence-electron chi connectivity index (χ1n) is 6.45. The van der Waals surface area contributed by atoms with Gasteiger partial charge in [-0.1, -0.05) is 23.8 Å². The lowest BCUT2D eigenvalue weighted by molar-refractivity contribution is 0.529. The molecule has 0 aliphatic heterocycles. The topological polar surface area (TPSA) is 24.9 Å². The van der Waals surface area contributed by atoms with E-state index in [-0.39, 0.29) is 11.9 Å². The van der Waals surface area contributed by atoms with Crippen LogP contribution in [0.3, 0.4) is 0 Å².